The minimum absolute atomic E-state index is 0.0103. The van der Waals surface area contributed by atoms with Crippen LogP contribution in [0, 0.1) is 6.92 Å². The summed E-state index contributed by atoms with van der Waals surface area (Å²) in [5.41, 5.74) is 4.75. The molecule has 1 unspecified atom stereocenters. The first-order valence-electron chi connectivity index (χ1n) is 9.32. The highest BCUT2D eigenvalue weighted by molar-refractivity contribution is 5.79. The summed E-state index contributed by atoms with van der Waals surface area (Å²) in [5, 5.41) is 3.17. The molecule has 0 aliphatic carbocycles. The molecule has 3 heteroatoms. The van der Waals surface area contributed by atoms with E-state index in [0.717, 1.165) is 18.7 Å². The number of nitrogens with one attached hydrogen (secondary N) is 1. The summed E-state index contributed by atoms with van der Waals surface area (Å²) in [6.45, 7) is 6.36. The third-order valence-electron chi connectivity index (χ3n) is 4.96. The maximum absolute atomic E-state index is 12.4. The molecule has 1 saturated heterocycles. The Hall–Kier alpha value is -2.29. The number of benzene rings is 2. The predicted molar refractivity (Wildman–Crippen MR) is 104 cm³/mol. The molecule has 1 N–H and O–H groups in total. The highest BCUT2D eigenvalue weighted by Crippen LogP contribution is 2.28. The van der Waals surface area contributed by atoms with Crippen molar-refractivity contribution in [1.82, 2.24) is 5.32 Å². The Morgan fingerprint density at radius 2 is 1.72 bits per heavy atom. The minimum atomic E-state index is 0.0103. The van der Waals surface area contributed by atoms with Crippen molar-refractivity contribution in [2.75, 3.05) is 18.0 Å². The topological polar surface area (TPSA) is 32.3 Å². The van der Waals surface area contributed by atoms with E-state index in [9.17, 15) is 4.79 Å². The minimum Gasteiger partial charge on any atom is -0.371 e. The van der Waals surface area contributed by atoms with E-state index in [0.29, 0.717) is 6.42 Å². The van der Waals surface area contributed by atoms with Crippen LogP contribution in [0.5, 0.6) is 0 Å². The van der Waals surface area contributed by atoms with Crippen molar-refractivity contribution in [1.29, 1.82) is 0 Å². The number of aryl methyl sites for hydroxylation is 1. The lowest BCUT2D eigenvalue weighted by Gasteiger charge is -2.32. The number of para-hydroxylation sites is 1. The van der Waals surface area contributed by atoms with Gasteiger partial charge in [0.2, 0.25) is 5.91 Å². The fourth-order valence-corrected chi connectivity index (χ4v) is 3.54. The zero-order valence-electron chi connectivity index (χ0n) is 15.3. The molecular formula is C22H28N2O. The summed E-state index contributed by atoms with van der Waals surface area (Å²) in [5.74, 6) is 0.0739. The molecule has 132 valence electrons. The summed E-state index contributed by atoms with van der Waals surface area (Å²) in [6.07, 6.45) is 4.25. The van der Waals surface area contributed by atoms with E-state index < -0.39 is 0 Å². The summed E-state index contributed by atoms with van der Waals surface area (Å²) in [6, 6.07) is 16.7. The number of anilines is 1. The number of carbonyl (C=O) groups excluding carboxylic acids is 1. The molecule has 0 radical (unpaired) electrons. The average molecular weight is 336 g/mol. The van der Waals surface area contributed by atoms with Gasteiger partial charge in [-0.3, -0.25) is 4.79 Å². The molecular weight excluding hydrogens is 308 g/mol. The molecule has 1 amide bonds. The van der Waals surface area contributed by atoms with Crippen molar-refractivity contribution in [3.05, 3.63) is 65.2 Å². The van der Waals surface area contributed by atoms with Crippen LogP contribution in [0.25, 0.3) is 0 Å². The van der Waals surface area contributed by atoms with Crippen LogP contribution >= 0.6 is 0 Å². The van der Waals surface area contributed by atoms with Crippen LogP contribution in [-0.2, 0) is 11.2 Å². The molecule has 1 atom stereocenters. The van der Waals surface area contributed by atoms with Crippen molar-refractivity contribution in [2.45, 2.75) is 45.6 Å². The standard InChI is InChI=1S/C22H28N2O/c1-17-10-12-19(13-11-17)16-22(25)23-18(2)20-8-4-5-9-21(20)24-14-6-3-7-15-24/h4-5,8-13,18H,3,6-7,14-16H2,1-2H3,(H,23,25). The number of amides is 1. The molecule has 25 heavy (non-hydrogen) atoms. The molecule has 3 rings (SSSR count). The highest BCUT2D eigenvalue weighted by atomic mass is 16.1. The second kappa shape index (κ2) is 8.19. The Morgan fingerprint density at radius 1 is 1.04 bits per heavy atom. The highest BCUT2D eigenvalue weighted by Gasteiger charge is 2.18. The van der Waals surface area contributed by atoms with Crippen LogP contribution in [0.1, 0.15) is 48.9 Å². The number of hydrogen-bond acceptors (Lipinski definition) is 2. The first-order valence-corrected chi connectivity index (χ1v) is 9.32. The Morgan fingerprint density at radius 3 is 2.44 bits per heavy atom. The SMILES string of the molecule is Cc1ccc(CC(=O)NC(C)c2ccccc2N2CCCCC2)cc1. The van der Waals surface area contributed by atoms with Crippen LogP contribution in [0.4, 0.5) is 5.69 Å². The zero-order chi connectivity index (χ0) is 17.6. The van der Waals surface area contributed by atoms with Crippen molar-refractivity contribution >= 4 is 11.6 Å². The molecule has 1 fully saturated rings. The van der Waals surface area contributed by atoms with Gasteiger partial charge >= 0.3 is 0 Å². The van der Waals surface area contributed by atoms with Gasteiger partial charge in [0, 0.05) is 18.8 Å². The van der Waals surface area contributed by atoms with Gasteiger partial charge < -0.3 is 10.2 Å². The van der Waals surface area contributed by atoms with E-state index in [2.05, 4.69) is 60.5 Å². The van der Waals surface area contributed by atoms with E-state index in [1.807, 2.05) is 12.1 Å². The van der Waals surface area contributed by atoms with Crippen molar-refractivity contribution < 1.29 is 4.79 Å². The van der Waals surface area contributed by atoms with E-state index in [4.69, 9.17) is 0 Å². The van der Waals surface area contributed by atoms with Gasteiger partial charge in [0.1, 0.15) is 0 Å². The lowest BCUT2D eigenvalue weighted by molar-refractivity contribution is -0.121. The molecule has 1 heterocycles. The molecule has 1 aliphatic rings. The van der Waals surface area contributed by atoms with E-state index >= 15 is 0 Å². The van der Waals surface area contributed by atoms with E-state index in [1.54, 1.807) is 0 Å². The van der Waals surface area contributed by atoms with Crippen LogP contribution in [0.15, 0.2) is 48.5 Å². The molecule has 0 bridgehead atoms. The molecule has 0 aromatic heterocycles. The largest absolute Gasteiger partial charge is 0.371 e. The maximum Gasteiger partial charge on any atom is 0.224 e. The monoisotopic (exact) mass is 336 g/mol. The Kier molecular flexibility index (Phi) is 5.75. The zero-order valence-corrected chi connectivity index (χ0v) is 15.3. The summed E-state index contributed by atoms with van der Waals surface area (Å²) >= 11 is 0. The van der Waals surface area contributed by atoms with Crippen LogP contribution < -0.4 is 10.2 Å². The third-order valence-corrected chi connectivity index (χ3v) is 4.96. The third kappa shape index (κ3) is 4.62. The second-order valence-corrected chi connectivity index (χ2v) is 7.06. The smallest absolute Gasteiger partial charge is 0.224 e. The van der Waals surface area contributed by atoms with Gasteiger partial charge in [-0.2, -0.15) is 0 Å². The van der Waals surface area contributed by atoms with Gasteiger partial charge in [-0.25, -0.2) is 0 Å². The number of nitrogens with zero attached hydrogens (tertiary/aromatic N) is 1. The molecule has 1 aliphatic heterocycles. The fourth-order valence-electron chi connectivity index (χ4n) is 3.54. The van der Waals surface area contributed by atoms with Gasteiger partial charge in [0.25, 0.3) is 0 Å². The first-order chi connectivity index (χ1) is 12.1. The molecule has 0 spiro atoms. The number of carbonyl (C=O) groups is 1. The average Bonchev–Trinajstić information content (AvgIpc) is 2.64. The number of hydrogen-bond donors (Lipinski definition) is 1. The second-order valence-electron chi connectivity index (χ2n) is 7.06. The van der Waals surface area contributed by atoms with Crippen LogP contribution in [0.2, 0.25) is 0 Å². The number of rotatable bonds is 5. The summed E-state index contributed by atoms with van der Waals surface area (Å²) in [4.78, 5) is 14.9. The molecule has 2 aromatic carbocycles. The van der Waals surface area contributed by atoms with Gasteiger partial charge in [0.05, 0.1) is 12.5 Å². The van der Waals surface area contributed by atoms with Crippen molar-refractivity contribution in [3.8, 4) is 0 Å². The van der Waals surface area contributed by atoms with Crippen LogP contribution in [-0.4, -0.2) is 19.0 Å². The fraction of sp³-hybridized carbons (Fsp3) is 0.409. The quantitative estimate of drug-likeness (QED) is 0.877. The Labute approximate surface area is 151 Å². The maximum atomic E-state index is 12.4. The molecule has 3 nitrogen and oxygen atoms in total. The number of piperidine rings is 1. The molecule has 0 saturated carbocycles. The summed E-state index contributed by atoms with van der Waals surface area (Å²) < 4.78 is 0. The predicted octanol–water partition coefficient (Wildman–Crippen LogP) is 4.41. The lowest BCUT2D eigenvalue weighted by atomic mass is 10.0. The lowest BCUT2D eigenvalue weighted by Crippen LogP contribution is -2.33. The normalized spacial score (nSPS) is 15.7. The Bertz CT molecular complexity index is 702. The Balaban J connectivity index is 1.67. The van der Waals surface area contributed by atoms with Gasteiger partial charge in [-0.1, -0.05) is 48.0 Å². The van der Waals surface area contributed by atoms with E-state index in [1.165, 1.54) is 36.1 Å². The van der Waals surface area contributed by atoms with Gasteiger partial charge in [-0.05, 0) is 50.3 Å². The van der Waals surface area contributed by atoms with Gasteiger partial charge in [0.15, 0.2) is 0 Å². The molecule has 2 aromatic rings. The van der Waals surface area contributed by atoms with E-state index in [-0.39, 0.29) is 11.9 Å². The first kappa shape index (κ1) is 17.5. The summed E-state index contributed by atoms with van der Waals surface area (Å²) in [7, 11) is 0. The van der Waals surface area contributed by atoms with Crippen molar-refractivity contribution in [2.24, 2.45) is 0 Å². The van der Waals surface area contributed by atoms with Crippen molar-refractivity contribution in [3.63, 3.8) is 0 Å². The van der Waals surface area contributed by atoms with Crippen LogP contribution in [0.3, 0.4) is 0 Å². The van der Waals surface area contributed by atoms with Gasteiger partial charge in [-0.15, -0.1) is 0 Å².